The Bertz CT molecular complexity index is 1200. The number of anilines is 2. The van der Waals surface area contributed by atoms with Crippen molar-refractivity contribution in [2.75, 3.05) is 17.0 Å². The summed E-state index contributed by atoms with van der Waals surface area (Å²) in [6.07, 6.45) is 1.67. The smallest absolute Gasteiger partial charge is 0.246 e. The molecule has 8 heteroatoms. The van der Waals surface area contributed by atoms with Crippen LogP contribution in [0.3, 0.4) is 0 Å². The number of halogens is 1. The molecular formula is C23H24FN5O2. The molecular weight excluding hydrogens is 397 g/mol. The van der Waals surface area contributed by atoms with Crippen molar-refractivity contribution in [1.82, 2.24) is 14.8 Å². The summed E-state index contributed by atoms with van der Waals surface area (Å²) in [7, 11) is 0. The van der Waals surface area contributed by atoms with Crippen molar-refractivity contribution < 1.29 is 14.4 Å². The van der Waals surface area contributed by atoms with Crippen LogP contribution in [0.5, 0.6) is 0 Å². The molecule has 1 aliphatic heterocycles. The second-order valence-electron chi connectivity index (χ2n) is 7.71. The minimum atomic E-state index is -0.521. The summed E-state index contributed by atoms with van der Waals surface area (Å²) in [4.78, 5) is 12.5. The fourth-order valence-corrected chi connectivity index (χ4v) is 3.84. The highest BCUT2D eigenvalue weighted by Crippen LogP contribution is 2.35. The van der Waals surface area contributed by atoms with Gasteiger partial charge < -0.3 is 5.32 Å². The van der Waals surface area contributed by atoms with E-state index >= 15 is 0 Å². The van der Waals surface area contributed by atoms with Crippen LogP contribution >= 0.6 is 0 Å². The van der Waals surface area contributed by atoms with Crippen LogP contribution in [-0.2, 0) is 4.79 Å². The van der Waals surface area contributed by atoms with Gasteiger partial charge in [0.05, 0.1) is 17.1 Å². The Kier molecular flexibility index (Phi) is 5.24. The third kappa shape index (κ3) is 3.77. The van der Waals surface area contributed by atoms with Crippen LogP contribution < -0.4 is 10.5 Å². The first kappa shape index (κ1) is 20.6. The number of carbonyl (C=O) groups is 1. The van der Waals surface area contributed by atoms with Gasteiger partial charge in [-0.05, 0) is 57.0 Å². The molecule has 7 nitrogen and oxygen atoms in total. The summed E-state index contributed by atoms with van der Waals surface area (Å²) in [5, 5.41) is 20.1. The minimum absolute atomic E-state index is 0.0883. The van der Waals surface area contributed by atoms with E-state index in [1.807, 2.05) is 39.8 Å². The monoisotopic (exact) mass is 421 g/mol. The highest BCUT2D eigenvalue weighted by Gasteiger charge is 2.30. The van der Waals surface area contributed by atoms with E-state index in [2.05, 4.69) is 16.5 Å². The topological polar surface area (TPSA) is 73.6 Å². The molecule has 0 saturated carbocycles. The van der Waals surface area contributed by atoms with Gasteiger partial charge in [-0.3, -0.25) is 15.0 Å². The number of nitrogens with zero attached hydrogens (tertiary/aromatic N) is 4. The molecule has 0 saturated heterocycles. The summed E-state index contributed by atoms with van der Waals surface area (Å²) < 4.78 is 15.6. The Morgan fingerprint density at radius 2 is 1.87 bits per heavy atom. The molecule has 0 atom stereocenters. The predicted octanol–water partition coefficient (Wildman–Crippen LogP) is 4.36. The number of amides is 1. The molecule has 0 fully saturated rings. The highest BCUT2D eigenvalue weighted by atomic mass is 19.1. The van der Waals surface area contributed by atoms with Crippen LogP contribution in [0.15, 0.2) is 48.7 Å². The number of benzene rings is 2. The number of hydrazine groups is 1. The second-order valence-corrected chi connectivity index (χ2v) is 7.71. The molecule has 0 aliphatic carbocycles. The van der Waals surface area contributed by atoms with E-state index in [1.165, 1.54) is 17.1 Å². The fourth-order valence-electron chi connectivity index (χ4n) is 3.84. The number of rotatable bonds is 4. The maximum Gasteiger partial charge on any atom is 0.246 e. The summed E-state index contributed by atoms with van der Waals surface area (Å²) in [6.45, 7) is 7.67. The zero-order chi connectivity index (χ0) is 22.3. The Morgan fingerprint density at radius 3 is 2.58 bits per heavy atom. The van der Waals surface area contributed by atoms with Crippen LogP contribution in [0, 0.1) is 26.6 Å². The SMILES string of the molecule is CC1=CN(CC(=O)Nc2ccccc2F)N(O)c2nn(-c3ccc(C)cc3C)c(C)c21. The zero-order valence-electron chi connectivity index (χ0n) is 17.8. The third-order valence-corrected chi connectivity index (χ3v) is 5.30. The van der Waals surface area contributed by atoms with E-state index < -0.39 is 11.7 Å². The van der Waals surface area contributed by atoms with Crippen molar-refractivity contribution in [2.24, 2.45) is 0 Å². The first-order valence-corrected chi connectivity index (χ1v) is 9.92. The average Bonchev–Trinajstić information content (AvgIpc) is 3.05. The van der Waals surface area contributed by atoms with Gasteiger partial charge in [0.25, 0.3) is 0 Å². The summed E-state index contributed by atoms with van der Waals surface area (Å²) in [5.74, 6) is -0.662. The van der Waals surface area contributed by atoms with Gasteiger partial charge >= 0.3 is 0 Å². The lowest BCUT2D eigenvalue weighted by Gasteiger charge is -2.32. The van der Waals surface area contributed by atoms with Gasteiger partial charge in [0.15, 0.2) is 0 Å². The molecule has 1 aliphatic rings. The first-order valence-electron chi connectivity index (χ1n) is 9.92. The Labute approximate surface area is 179 Å². The lowest BCUT2D eigenvalue weighted by atomic mass is 10.1. The zero-order valence-corrected chi connectivity index (χ0v) is 17.8. The van der Waals surface area contributed by atoms with Gasteiger partial charge in [0, 0.05) is 11.8 Å². The van der Waals surface area contributed by atoms with Crippen LogP contribution in [0.1, 0.15) is 29.3 Å². The number of para-hydroxylation sites is 1. The number of hydrogen-bond donors (Lipinski definition) is 2. The highest BCUT2D eigenvalue weighted by molar-refractivity contribution is 5.93. The number of nitrogens with one attached hydrogen (secondary N) is 1. The molecule has 1 aromatic heterocycles. The molecule has 2 aromatic carbocycles. The van der Waals surface area contributed by atoms with E-state index in [0.717, 1.165) is 38.8 Å². The molecule has 3 aromatic rings. The lowest BCUT2D eigenvalue weighted by Crippen LogP contribution is -2.43. The molecule has 0 radical (unpaired) electrons. The Hall–Kier alpha value is -3.65. The van der Waals surface area contributed by atoms with Crippen molar-refractivity contribution in [3.05, 3.63) is 76.9 Å². The van der Waals surface area contributed by atoms with Gasteiger partial charge in [0.2, 0.25) is 11.7 Å². The van der Waals surface area contributed by atoms with Crippen molar-refractivity contribution in [3.8, 4) is 5.69 Å². The van der Waals surface area contributed by atoms with Gasteiger partial charge in [-0.2, -0.15) is 0 Å². The lowest BCUT2D eigenvalue weighted by molar-refractivity contribution is -0.117. The Balaban J connectivity index is 1.61. The standard InChI is InChI=1S/C23H24FN5O2/c1-14-9-10-20(15(2)11-14)28-17(4)22-16(3)12-27(29(31)23(22)26-28)13-21(30)25-19-8-6-5-7-18(19)24/h5-12,31H,13H2,1-4H3,(H,25,30). The summed E-state index contributed by atoms with van der Waals surface area (Å²) in [5.41, 5.74) is 5.76. The molecule has 2 heterocycles. The van der Waals surface area contributed by atoms with Gasteiger partial charge in [-0.25, -0.2) is 9.07 Å². The molecule has 0 bridgehead atoms. The molecule has 31 heavy (non-hydrogen) atoms. The normalized spacial score (nSPS) is 13.2. The van der Waals surface area contributed by atoms with E-state index in [0.29, 0.717) is 5.82 Å². The second kappa shape index (κ2) is 7.88. The van der Waals surface area contributed by atoms with Crippen molar-refractivity contribution >= 4 is 23.0 Å². The minimum Gasteiger partial charge on any atom is -0.322 e. The Morgan fingerprint density at radius 1 is 1.13 bits per heavy atom. The number of fused-ring (bicyclic) bond motifs is 1. The van der Waals surface area contributed by atoms with Gasteiger partial charge in [0.1, 0.15) is 12.4 Å². The maximum atomic E-state index is 13.8. The predicted molar refractivity (Wildman–Crippen MR) is 117 cm³/mol. The van der Waals surface area contributed by atoms with Crippen molar-refractivity contribution in [2.45, 2.75) is 27.7 Å². The van der Waals surface area contributed by atoms with Crippen molar-refractivity contribution in [1.29, 1.82) is 0 Å². The summed E-state index contributed by atoms with van der Waals surface area (Å²) in [6, 6.07) is 12.0. The summed E-state index contributed by atoms with van der Waals surface area (Å²) >= 11 is 0. The number of hydrogen-bond acceptors (Lipinski definition) is 5. The van der Waals surface area contributed by atoms with E-state index in [9.17, 15) is 14.4 Å². The molecule has 160 valence electrons. The van der Waals surface area contributed by atoms with Crippen LogP contribution in [0.2, 0.25) is 0 Å². The number of carbonyl (C=O) groups excluding carboxylic acids is 1. The molecule has 0 unspecified atom stereocenters. The van der Waals surface area contributed by atoms with E-state index in [1.54, 1.807) is 23.0 Å². The number of aryl methyl sites for hydroxylation is 2. The van der Waals surface area contributed by atoms with Crippen LogP contribution in [-0.4, -0.2) is 32.4 Å². The van der Waals surface area contributed by atoms with Gasteiger partial charge in [-0.1, -0.05) is 29.8 Å². The van der Waals surface area contributed by atoms with Gasteiger partial charge in [-0.15, -0.1) is 10.3 Å². The van der Waals surface area contributed by atoms with Crippen LogP contribution in [0.4, 0.5) is 15.9 Å². The number of aromatic nitrogens is 2. The van der Waals surface area contributed by atoms with E-state index in [4.69, 9.17) is 0 Å². The molecule has 4 rings (SSSR count). The molecule has 2 N–H and O–H groups in total. The quantitative estimate of drug-likeness (QED) is 0.655. The van der Waals surface area contributed by atoms with Crippen LogP contribution in [0.25, 0.3) is 11.3 Å². The first-order chi connectivity index (χ1) is 14.8. The molecule has 1 amide bonds. The molecule has 0 spiro atoms. The largest absolute Gasteiger partial charge is 0.322 e. The number of allylic oxidation sites excluding steroid dienone is 1. The third-order valence-electron chi connectivity index (χ3n) is 5.30. The fraction of sp³-hybridized carbons (Fsp3) is 0.217. The average molecular weight is 421 g/mol. The maximum absolute atomic E-state index is 13.8. The van der Waals surface area contributed by atoms with Crippen molar-refractivity contribution in [3.63, 3.8) is 0 Å². The van der Waals surface area contributed by atoms with E-state index in [-0.39, 0.29) is 12.2 Å².